The number of allylic oxidation sites excluding steroid dienone is 1. The van der Waals surface area contributed by atoms with E-state index in [1.807, 2.05) is 0 Å². The summed E-state index contributed by atoms with van der Waals surface area (Å²) in [5.74, 6) is -1.24. The minimum Gasteiger partial charge on any atom is -0.464 e. The Morgan fingerprint density at radius 3 is 2.37 bits per heavy atom. The lowest BCUT2D eigenvalue weighted by Gasteiger charge is -2.34. The lowest BCUT2D eigenvalue weighted by atomic mass is 9.96. The lowest BCUT2D eigenvalue weighted by Crippen LogP contribution is -2.61. The highest BCUT2D eigenvalue weighted by molar-refractivity contribution is 5.95. The number of alkyl carbamates (subject to hydrolysis) is 1. The number of urea groups is 1. The van der Waals surface area contributed by atoms with Crippen LogP contribution in [0.3, 0.4) is 0 Å². The third kappa shape index (κ3) is 7.16. The van der Waals surface area contributed by atoms with Crippen LogP contribution < -0.4 is 16.0 Å². The maximum absolute atomic E-state index is 12.4. The normalized spacial score (nSPS) is 18.0. The van der Waals surface area contributed by atoms with Crippen LogP contribution in [0.1, 0.15) is 41.5 Å². The second kappa shape index (κ2) is 9.24. The molecule has 3 amide bonds. The molecule has 0 aromatic rings. The molecule has 27 heavy (non-hydrogen) atoms. The first-order valence-electron chi connectivity index (χ1n) is 8.53. The number of rotatable bonds is 6. The van der Waals surface area contributed by atoms with Crippen molar-refractivity contribution in [3.05, 3.63) is 11.3 Å². The second-order valence-electron chi connectivity index (χ2n) is 6.89. The Morgan fingerprint density at radius 2 is 1.85 bits per heavy atom. The van der Waals surface area contributed by atoms with E-state index in [0.717, 1.165) is 0 Å². The van der Waals surface area contributed by atoms with Crippen LogP contribution in [0.2, 0.25) is 0 Å². The summed E-state index contributed by atoms with van der Waals surface area (Å²) in [6.07, 6.45) is -0.784. The minimum absolute atomic E-state index is 0.115. The summed E-state index contributed by atoms with van der Waals surface area (Å²) in [4.78, 5) is 47.7. The number of amides is 3. The molecule has 1 heterocycles. The molecular formula is C17H27N3O7. The van der Waals surface area contributed by atoms with E-state index in [4.69, 9.17) is 14.2 Å². The van der Waals surface area contributed by atoms with Gasteiger partial charge in [0.2, 0.25) is 0 Å². The van der Waals surface area contributed by atoms with Gasteiger partial charge in [-0.25, -0.2) is 14.4 Å². The van der Waals surface area contributed by atoms with E-state index in [0.29, 0.717) is 0 Å². The van der Waals surface area contributed by atoms with Gasteiger partial charge in [0.15, 0.2) is 0 Å². The average Bonchev–Trinajstić information content (AvgIpc) is 2.48. The number of nitrogens with one attached hydrogen (secondary N) is 3. The summed E-state index contributed by atoms with van der Waals surface area (Å²) in [6.45, 7) is 9.30. The SMILES string of the molecule is CCOC(=O)C1=C(C)NC(=O)N[C@H]1[C@@H](COC(C)=O)NC(=O)OC(C)(C)C. The Bertz CT molecular complexity index is 637. The molecule has 0 unspecified atom stereocenters. The van der Waals surface area contributed by atoms with E-state index in [2.05, 4.69) is 16.0 Å². The summed E-state index contributed by atoms with van der Waals surface area (Å²) in [6, 6.07) is -2.50. The molecule has 1 aliphatic heterocycles. The number of carbonyl (C=O) groups excluding carboxylic acids is 4. The van der Waals surface area contributed by atoms with Crippen molar-refractivity contribution in [3.8, 4) is 0 Å². The highest BCUT2D eigenvalue weighted by atomic mass is 16.6. The van der Waals surface area contributed by atoms with Gasteiger partial charge in [-0.15, -0.1) is 0 Å². The number of esters is 2. The van der Waals surface area contributed by atoms with Crippen molar-refractivity contribution in [2.75, 3.05) is 13.2 Å². The summed E-state index contributed by atoms with van der Waals surface area (Å²) < 4.78 is 15.2. The number of hydrogen-bond donors (Lipinski definition) is 3. The van der Waals surface area contributed by atoms with E-state index >= 15 is 0 Å². The first-order valence-corrected chi connectivity index (χ1v) is 8.53. The molecule has 152 valence electrons. The first kappa shape index (κ1) is 22.3. The zero-order chi connectivity index (χ0) is 20.8. The molecule has 0 radical (unpaired) electrons. The maximum atomic E-state index is 12.4. The van der Waals surface area contributed by atoms with Crippen LogP contribution in [-0.2, 0) is 23.8 Å². The van der Waals surface area contributed by atoms with Crippen molar-refractivity contribution >= 4 is 24.1 Å². The fourth-order valence-corrected chi connectivity index (χ4v) is 2.40. The summed E-state index contributed by atoms with van der Waals surface area (Å²) in [5.41, 5.74) is -0.367. The standard InChI is InChI=1S/C17H27N3O7/c1-7-25-14(22)12-9(2)18-15(23)20-13(12)11(8-26-10(3)21)19-16(24)27-17(4,5)6/h11,13H,7-8H2,1-6H3,(H,19,24)(H2,18,20,23)/t11-,13+/m1/s1. The van der Waals surface area contributed by atoms with E-state index < -0.39 is 41.7 Å². The van der Waals surface area contributed by atoms with Gasteiger partial charge in [-0.05, 0) is 34.6 Å². The Hall–Kier alpha value is -2.78. The van der Waals surface area contributed by atoms with E-state index in [1.165, 1.54) is 13.8 Å². The van der Waals surface area contributed by atoms with Gasteiger partial charge >= 0.3 is 24.1 Å². The summed E-state index contributed by atoms with van der Waals surface area (Å²) in [5, 5.41) is 7.59. The van der Waals surface area contributed by atoms with Gasteiger partial charge < -0.3 is 30.2 Å². The third-order valence-corrected chi connectivity index (χ3v) is 3.37. The predicted molar refractivity (Wildman–Crippen MR) is 94.6 cm³/mol. The Morgan fingerprint density at radius 1 is 1.22 bits per heavy atom. The maximum Gasteiger partial charge on any atom is 0.408 e. The fraction of sp³-hybridized carbons (Fsp3) is 0.647. The quantitative estimate of drug-likeness (QED) is 0.458. The molecule has 0 spiro atoms. The van der Waals surface area contributed by atoms with Gasteiger partial charge in [0.25, 0.3) is 0 Å². The fourth-order valence-electron chi connectivity index (χ4n) is 2.40. The molecular weight excluding hydrogens is 358 g/mol. The van der Waals surface area contributed by atoms with Gasteiger partial charge in [0, 0.05) is 12.6 Å². The van der Waals surface area contributed by atoms with E-state index in [9.17, 15) is 19.2 Å². The van der Waals surface area contributed by atoms with Crippen LogP contribution in [0.5, 0.6) is 0 Å². The molecule has 0 bridgehead atoms. The van der Waals surface area contributed by atoms with Crippen molar-refractivity contribution in [2.24, 2.45) is 0 Å². The van der Waals surface area contributed by atoms with Crippen molar-refractivity contribution in [3.63, 3.8) is 0 Å². The molecule has 2 atom stereocenters. The van der Waals surface area contributed by atoms with E-state index in [-0.39, 0.29) is 24.5 Å². The van der Waals surface area contributed by atoms with Crippen LogP contribution >= 0.6 is 0 Å². The van der Waals surface area contributed by atoms with Crippen molar-refractivity contribution < 1.29 is 33.4 Å². The topological polar surface area (TPSA) is 132 Å². The molecule has 0 fully saturated rings. The largest absolute Gasteiger partial charge is 0.464 e. The average molecular weight is 385 g/mol. The summed E-state index contributed by atoms with van der Waals surface area (Å²) in [7, 11) is 0. The first-order chi connectivity index (χ1) is 12.4. The zero-order valence-electron chi connectivity index (χ0n) is 16.4. The van der Waals surface area contributed by atoms with Gasteiger partial charge in [-0.3, -0.25) is 4.79 Å². The third-order valence-electron chi connectivity index (χ3n) is 3.37. The molecule has 10 nitrogen and oxygen atoms in total. The molecule has 0 aromatic heterocycles. The van der Waals surface area contributed by atoms with Gasteiger partial charge in [0.05, 0.1) is 24.3 Å². The number of ether oxygens (including phenoxy) is 3. The van der Waals surface area contributed by atoms with Crippen LogP contribution in [0, 0.1) is 0 Å². The molecule has 10 heteroatoms. The van der Waals surface area contributed by atoms with Gasteiger partial charge in [-0.1, -0.05) is 0 Å². The number of carbonyl (C=O) groups is 4. The Kier molecular flexibility index (Phi) is 7.62. The van der Waals surface area contributed by atoms with Gasteiger partial charge in [0.1, 0.15) is 12.2 Å². The van der Waals surface area contributed by atoms with Gasteiger partial charge in [-0.2, -0.15) is 0 Å². The molecule has 0 aromatic carbocycles. The highest BCUT2D eigenvalue weighted by Gasteiger charge is 2.38. The monoisotopic (exact) mass is 385 g/mol. The predicted octanol–water partition coefficient (Wildman–Crippen LogP) is 0.961. The van der Waals surface area contributed by atoms with Crippen LogP contribution in [0.25, 0.3) is 0 Å². The van der Waals surface area contributed by atoms with Crippen LogP contribution in [-0.4, -0.2) is 55.0 Å². The van der Waals surface area contributed by atoms with Crippen LogP contribution in [0.4, 0.5) is 9.59 Å². The van der Waals surface area contributed by atoms with E-state index in [1.54, 1.807) is 27.7 Å². The molecule has 3 N–H and O–H groups in total. The smallest absolute Gasteiger partial charge is 0.408 e. The summed E-state index contributed by atoms with van der Waals surface area (Å²) >= 11 is 0. The lowest BCUT2D eigenvalue weighted by molar-refractivity contribution is -0.141. The van der Waals surface area contributed by atoms with Crippen LogP contribution in [0.15, 0.2) is 11.3 Å². The number of hydrogen-bond acceptors (Lipinski definition) is 7. The highest BCUT2D eigenvalue weighted by Crippen LogP contribution is 2.18. The van der Waals surface area contributed by atoms with Crippen molar-refractivity contribution in [1.29, 1.82) is 0 Å². The van der Waals surface area contributed by atoms with Crippen molar-refractivity contribution in [1.82, 2.24) is 16.0 Å². The zero-order valence-corrected chi connectivity index (χ0v) is 16.4. The Labute approximate surface area is 158 Å². The van der Waals surface area contributed by atoms with Crippen molar-refractivity contribution in [2.45, 2.75) is 59.2 Å². The molecule has 0 aliphatic carbocycles. The minimum atomic E-state index is -0.982. The molecule has 1 aliphatic rings. The molecule has 1 rings (SSSR count). The molecule has 0 saturated heterocycles. The molecule has 0 saturated carbocycles. The second-order valence-corrected chi connectivity index (χ2v) is 6.89. The Balaban J connectivity index is 3.16.